The molecule has 2 rings (SSSR count). The molecule has 0 saturated carbocycles. The van der Waals surface area contributed by atoms with Gasteiger partial charge in [-0.2, -0.15) is 0 Å². The van der Waals surface area contributed by atoms with E-state index in [0.717, 1.165) is 6.07 Å². The zero-order valence-electron chi connectivity index (χ0n) is 14.4. The van der Waals surface area contributed by atoms with Crippen LogP contribution in [0.3, 0.4) is 0 Å². The Balaban J connectivity index is 2.04. The first-order valence-electron chi connectivity index (χ1n) is 7.66. The third-order valence-electron chi connectivity index (χ3n) is 3.32. The summed E-state index contributed by atoms with van der Waals surface area (Å²) in [5.41, 5.74) is 0.254. The highest BCUT2D eigenvalue weighted by Crippen LogP contribution is 2.30. The van der Waals surface area contributed by atoms with E-state index in [4.69, 9.17) is 9.47 Å². The van der Waals surface area contributed by atoms with Gasteiger partial charge in [-0.15, -0.1) is 13.2 Å². The van der Waals surface area contributed by atoms with Gasteiger partial charge in [-0.25, -0.2) is 0 Å². The maximum absolute atomic E-state index is 12.4. The number of hydrogen-bond acceptors (Lipinski definition) is 5. The Morgan fingerprint density at radius 2 is 1.74 bits per heavy atom. The number of ether oxygens (including phenoxy) is 3. The number of ketones is 1. The summed E-state index contributed by atoms with van der Waals surface area (Å²) < 4.78 is 51.5. The lowest BCUT2D eigenvalue weighted by Gasteiger charge is -2.14. The van der Waals surface area contributed by atoms with Gasteiger partial charge in [0.15, 0.2) is 29.6 Å². The molecule has 0 unspecified atom stereocenters. The number of alkyl halides is 3. The van der Waals surface area contributed by atoms with Gasteiger partial charge in [0, 0.05) is 5.56 Å². The number of carbonyl (C=O) groups excluding carboxylic acids is 2. The smallest absolute Gasteiger partial charge is 0.493 e. The maximum Gasteiger partial charge on any atom is 0.573 e. The van der Waals surface area contributed by atoms with Gasteiger partial charge in [0.05, 0.1) is 12.8 Å². The number of Topliss-reactive ketones (excluding diaryl/α,β-unsaturated/α-hetero) is 1. The molecule has 9 heteroatoms. The normalized spacial score (nSPS) is 10.9. The van der Waals surface area contributed by atoms with Crippen LogP contribution in [0.4, 0.5) is 18.9 Å². The summed E-state index contributed by atoms with van der Waals surface area (Å²) in [5.74, 6) is -0.958. The molecule has 0 fully saturated rings. The average molecular weight is 383 g/mol. The molecule has 27 heavy (non-hydrogen) atoms. The summed E-state index contributed by atoms with van der Waals surface area (Å²) in [7, 11) is 1.37. The van der Waals surface area contributed by atoms with Crippen molar-refractivity contribution >= 4 is 17.4 Å². The SMILES string of the molecule is COc1cc(C(C)=O)ccc1OCC(=O)Nc1ccccc1OC(F)(F)F. The van der Waals surface area contributed by atoms with E-state index < -0.39 is 24.6 Å². The fraction of sp³-hybridized carbons (Fsp3) is 0.222. The van der Waals surface area contributed by atoms with E-state index in [9.17, 15) is 22.8 Å². The molecule has 0 saturated heterocycles. The summed E-state index contributed by atoms with van der Waals surface area (Å²) in [6.45, 7) is 0.902. The lowest BCUT2D eigenvalue weighted by atomic mass is 10.1. The van der Waals surface area contributed by atoms with Gasteiger partial charge >= 0.3 is 6.36 Å². The summed E-state index contributed by atoms with van der Waals surface area (Å²) in [6.07, 6.45) is -4.89. The van der Waals surface area contributed by atoms with Crippen LogP contribution in [0.5, 0.6) is 17.2 Å². The van der Waals surface area contributed by atoms with E-state index in [1.165, 1.54) is 50.4 Å². The molecule has 0 spiro atoms. The largest absolute Gasteiger partial charge is 0.573 e. The monoisotopic (exact) mass is 383 g/mol. The van der Waals surface area contributed by atoms with E-state index in [2.05, 4.69) is 10.1 Å². The number of nitrogens with one attached hydrogen (secondary N) is 1. The standard InChI is InChI=1S/C18H16F3NO5/c1-11(23)12-7-8-15(16(9-12)25-2)26-10-17(24)22-13-5-3-4-6-14(13)27-18(19,20)21/h3-9H,10H2,1-2H3,(H,22,24). The number of benzene rings is 2. The number of anilines is 1. The van der Waals surface area contributed by atoms with Gasteiger partial charge in [0.2, 0.25) is 0 Å². The van der Waals surface area contributed by atoms with Crippen molar-refractivity contribution in [2.45, 2.75) is 13.3 Å². The minimum Gasteiger partial charge on any atom is -0.493 e. The van der Waals surface area contributed by atoms with Crippen LogP contribution in [0, 0.1) is 0 Å². The Labute approximate surface area is 152 Å². The molecule has 2 aromatic rings. The summed E-state index contributed by atoms with van der Waals surface area (Å²) in [4.78, 5) is 23.4. The van der Waals surface area contributed by atoms with E-state index in [0.29, 0.717) is 5.56 Å². The predicted octanol–water partition coefficient (Wildman–Crippen LogP) is 3.81. The highest BCUT2D eigenvalue weighted by Gasteiger charge is 2.32. The van der Waals surface area contributed by atoms with Gasteiger partial charge in [0.1, 0.15) is 0 Å². The first-order chi connectivity index (χ1) is 12.7. The third-order valence-corrected chi connectivity index (χ3v) is 3.32. The van der Waals surface area contributed by atoms with Gasteiger partial charge < -0.3 is 19.5 Å². The van der Waals surface area contributed by atoms with Gasteiger partial charge in [-0.3, -0.25) is 9.59 Å². The molecule has 144 valence electrons. The lowest BCUT2D eigenvalue weighted by molar-refractivity contribution is -0.274. The van der Waals surface area contributed by atoms with Crippen LogP contribution in [0.2, 0.25) is 0 Å². The molecule has 0 heterocycles. The fourth-order valence-corrected chi connectivity index (χ4v) is 2.12. The topological polar surface area (TPSA) is 73.9 Å². The summed E-state index contributed by atoms with van der Waals surface area (Å²) in [5, 5.41) is 2.29. The van der Waals surface area contributed by atoms with Crippen molar-refractivity contribution in [1.82, 2.24) is 0 Å². The minimum absolute atomic E-state index is 0.151. The fourth-order valence-electron chi connectivity index (χ4n) is 2.12. The van der Waals surface area contributed by atoms with E-state index in [1.807, 2.05) is 0 Å². The van der Waals surface area contributed by atoms with Crippen LogP contribution < -0.4 is 19.5 Å². The van der Waals surface area contributed by atoms with Crippen molar-refractivity contribution in [2.75, 3.05) is 19.0 Å². The first kappa shape index (κ1) is 20.1. The highest BCUT2D eigenvalue weighted by atomic mass is 19.4. The van der Waals surface area contributed by atoms with Crippen LogP contribution in [0.25, 0.3) is 0 Å². The Morgan fingerprint density at radius 3 is 2.37 bits per heavy atom. The minimum atomic E-state index is -4.89. The second-order valence-electron chi connectivity index (χ2n) is 5.30. The quantitative estimate of drug-likeness (QED) is 0.736. The molecular weight excluding hydrogens is 367 g/mol. The average Bonchev–Trinajstić information content (AvgIpc) is 2.60. The zero-order valence-corrected chi connectivity index (χ0v) is 14.4. The van der Waals surface area contributed by atoms with Crippen LogP contribution in [-0.2, 0) is 4.79 Å². The van der Waals surface area contributed by atoms with Crippen molar-refractivity contribution in [3.63, 3.8) is 0 Å². The van der Waals surface area contributed by atoms with Crippen LogP contribution in [0.15, 0.2) is 42.5 Å². The molecule has 0 radical (unpaired) electrons. The Hall–Kier alpha value is -3.23. The molecular formula is C18H16F3NO5. The highest BCUT2D eigenvalue weighted by molar-refractivity contribution is 5.95. The van der Waals surface area contributed by atoms with Crippen LogP contribution >= 0.6 is 0 Å². The zero-order chi connectivity index (χ0) is 20.0. The number of methoxy groups -OCH3 is 1. The number of para-hydroxylation sites is 2. The predicted molar refractivity (Wildman–Crippen MR) is 90.2 cm³/mol. The van der Waals surface area contributed by atoms with Crippen LogP contribution in [-0.4, -0.2) is 31.8 Å². The summed E-state index contributed by atoms with van der Waals surface area (Å²) >= 11 is 0. The molecule has 0 bridgehead atoms. The molecule has 0 atom stereocenters. The Bertz CT molecular complexity index is 836. The lowest BCUT2D eigenvalue weighted by Crippen LogP contribution is -2.22. The molecule has 1 N–H and O–H groups in total. The van der Waals surface area contributed by atoms with E-state index in [1.54, 1.807) is 0 Å². The number of carbonyl (C=O) groups is 2. The van der Waals surface area contributed by atoms with Crippen molar-refractivity contribution in [3.05, 3.63) is 48.0 Å². The number of rotatable bonds is 7. The molecule has 0 aliphatic heterocycles. The maximum atomic E-state index is 12.4. The van der Waals surface area contributed by atoms with E-state index >= 15 is 0 Å². The number of halogens is 3. The second-order valence-corrected chi connectivity index (χ2v) is 5.30. The van der Waals surface area contributed by atoms with Gasteiger partial charge in [-0.1, -0.05) is 12.1 Å². The third kappa shape index (κ3) is 5.91. The summed E-state index contributed by atoms with van der Waals surface area (Å²) in [6, 6.07) is 9.56. The molecule has 0 aliphatic rings. The first-order valence-corrected chi connectivity index (χ1v) is 7.66. The van der Waals surface area contributed by atoms with Crippen molar-refractivity contribution in [2.24, 2.45) is 0 Å². The van der Waals surface area contributed by atoms with Crippen molar-refractivity contribution < 1.29 is 37.0 Å². The molecule has 0 aliphatic carbocycles. The Kier molecular flexibility index (Phi) is 6.27. The number of amides is 1. The van der Waals surface area contributed by atoms with E-state index in [-0.39, 0.29) is 23.0 Å². The van der Waals surface area contributed by atoms with Crippen molar-refractivity contribution in [3.8, 4) is 17.2 Å². The Morgan fingerprint density at radius 1 is 1.04 bits per heavy atom. The molecule has 2 aromatic carbocycles. The molecule has 0 aromatic heterocycles. The van der Waals surface area contributed by atoms with Crippen molar-refractivity contribution in [1.29, 1.82) is 0 Å². The number of hydrogen-bond donors (Lipinski definition) is 1. The molecule has 1 amide bonds. The molecule has 6 nitrogen and oxygen atoms in total. The van der Waals surface area contributed by atoms with Gasteiger partial charge in [0.25, 0.3) is 5.91 Å². The van der Waals surface area contributed by atoms with Crippen LogP contribution in [0.1, 0.15) is 17.3 Å². The second kappa shape index (κ2) is 8.43. The van der Waals surface area contributed by atoms with Gasteiger partial charge in [-0.05, 0) is 37.3 Å².